The zero-order chi connectivity index (χ0) is 16.8. The standard InChI is InChI=1S/C14H22N4O2S3/c1-8-5-4-6-10(9(8)2)15-12(20)16-11(19)7-22-14-18-17-13(21-3)23-14/h8-10H,4-7H2,1-3H3,(H2,15,16,19,20)/t8-,9-,10-/m1/s1. The molecule has 0 spiro atoms. The Bertz CT molecular complexity index is 552. The number of carbonyl (C=O) groups excluding carboxylic acids is 2. The number of rotatable bonds is 5. The van der Waals surface area contributed by atoms with Gasteiger partial charge in [-0.15, -0.1) is 10.2 Å². The van der Waals surface area contributed by atoms with Gasteiger partial charge in [-0.05, 0) is 24.5 Å². The van der Waals surface area contributed by atoms with Gasteiger partial charge in [0.1, 0.15) is 0 Å². The van der Waals surface area contributed by atoms with Gasteiger partial charge in [-0.3, -0.25) is 10.1 Å². The number of carbonyl (C=O) groups is 2. The monoisotopic (exact) mass is 374 g/mol. The Balaban J connectivity index is 1.72. The van der Waals surface area contributed by atoms with Gasteiger partial charge in [0, 0.05) is 6.04 Å². The predicted molar refractivity (Wildman–Crippen MR) is 95.1 cm³/mol. The molecule has 128 valence electrons. The molecule has 1 aliphatic carbocycles. The minimum Gasteiger partial charge on any atom is -0.335 e. The fraction of sp³-hybridized carbons (Fsp3) is 0.714. The van der Waals surface area contributed by atoms with Crippen molar-refractivity contribution in [3.8, 4) is 0 Å². The van der Waals surface area contributed by atoms with Gasteiger partial charge in [-0.25, -0.2) is 4.79 Å². The molecule has 1 fully saturated rings. The van der Waals surface area contributed by atoms with Gasteiger partial charge >= 0.3 is 6.03 Å². The Morgan fingerprint density at radius 3 is 2.70 bits per heavy atom. The van der Waals surface area contributed by atoms with Crippen LogP contribution < -0.4 is 10.6 Å². The zero-order valence-corrected chi connectivity index (χ0v) is 15.9. The molecule has 3 atom stereocenters. The van der Waals surface area contributed by atoms with Gasteiger partial charge in [-0.2, -0.15) is 0 Å². The van der Waals surface area contributed by atoms with E-state index in [2.05, 4.69) is 34.7 Å². The second-order valence-corrected chi connectivity index (χ2v) is 8.98. The molecule has 9 heteroatoms. The van der Waals surface area contributed by atoms with E-state index in [1.807, 2.05) is 6.26 Å². The summed E-state index contributed by atoms with van der Waals surface area (Å²) >= 11 is 4.26. The summed E-state index contributed by atoms with van der Waals surface area (Å²) in [5.41, 5.74) is 0. The summed E-state index contributed by atoms with van der Waals surface area (Å²) in [4.78, 5) is 23.8. The molecule has 0 bridgehead atoms. The fourth-order valence-electron chi connectivity index (χ4n) is 2.62. The van der Waals surface area contributed by atoms with E-state index in [1.165, 1.54) is 41.3 Å². The highest BCUT2D eigenvalue weighted by atomic mass is 32.2. The maximum Gasteiger partial charge on any atom is 0.321 e. The van der Waals surface area contributed by atoms with Crippen LogP contribution >= 0.6 is 34.9 Å². The van der Waals surface area contributed by atoms with Crippen molar-refractivity contribution in [3.05, 3.63) is 0 Å². The van der Waals surface area contributed by atoms with Crippen LogP contribution in [0.15, 0.2) is 8.68 Å². The van der Waals surface area contributed by atoms with E-state index < -0.39 is 6.03 Å². The summed E-state index contributed by atoms with van der Waals surface area (Å²) in [5, 5.41) is 13.3. The number of amides is 3. The van der Waals surface area contributed by atoms with Crippen LogP contribution in [-0.2, 0) is 4.79 Å². The van der Waals surface area contributed by atoms with Crippen molar-refractivity contribution in [1.82, 2.24) is 20.8 Å². The maximum atomic E-state index is 12.0. The summed E-state index contributed by atoms with van der Waals surface area (Å²) in [7, 11) is 0. The predicted octanol–water partition coefficient (Wildman–Crippen LogP) is 3.00. The van der Waals surface area contributed by atoms with Crippen molar-refractivity contribution >= 4 is 46.8 Å². The smallest absolute Gasteiger partial charge is 0.321 e. The van der Waals surface area contributed by atoms with E-state index in [0.29, 0.717) is 11.8 Å². The number of aromatic nitrogens is 2. The van der Waals surface area contributed by atoms with Crippen molar-refractivity contribution in [2.45, 2.75) is 47.8 Å². The molecule has 2 rings (SSSR count). The average molecular weight is 375 g/mol. The second-order valence-electron chi connectivity index (χ2n) is 5.72. The minimum atomic E-state index is -0.399. The highest BCUT2D eigenvalue weighted by molar-refractivity contribution is 8.03. The largest absolute Gasteiger partial charge is 0.335 e. The molecule has 0 aromatic carbocycles. The van der Waals surface area contributed by atoms with Crippen LogP contribution in [-0.4, -0.2) is 40.2 Å². The highest BCUT2D eigenvalue weighted by Gasteiger charge is 2.28. The Morgan fingerprint density at radius 2 is 2.00 bits per heavy atom. The van der Waals surface area contributed by atoms with E-state index in [1.54, 1.807) is 0 Å². The topological polar surface area (TPSA) is 84.0 Å². The van der Waals surface area contributed by atoms with Crippen molar-refractivity contribution < 1.29 is 9.59 Å². The van der Waals surface area contributed by atoms with Crippen LogP contribution in [0.3, 0.4) is 0 Å². The fourth-order valence-corrected chi connectivity index (χ4v) is 4.86. The lowest BCUT2D eigenvalue weighted by atomic mass is 9.78. The van der Waals surface area contributed by atoms with Crippen LogP contribution in [0, 0.1) is 11.8 Å². The van der Waals surface area contributed by atoms with E-state index >= 15 is 0 Å². The third kappa shape index (κ3) is 5.65. The lowest BCUT2D eigenvalue weighted by Crippen LogP contribution is -2.49. The Hall–Kier alpha value is -0.800. The molecule has 2 N–H and O–H groups in total. The van der Waals surface area contributed by atoms with E-state index in [9.17, 15) is 9.59 Å². The Morgan fingerprint density at radius 1 is 1.26 bits per heavy atom. The number of nitrogens with one attached hydrogen (secondary N) is 2. The van der Waals surface area contributed by atoms with Crippen molar-refractivity contribution in [1.29, 1.82) is 0 Å². The lowest BCUT2D eigenvalue weighted by molar-refractivity contribution is -0.117. The molecule has 0 radical (unpaired) electrons. The molecular weight excluding hydrogens is 352 g/mol. The molecule has 1 saturated carbocycles. The average Bonchev–Trinajstić information content (AvgIpc) is 2.98. The number of nitrogens with zero attached hydrogens (tertiary/aromatic N) is 2. The number of thioether (sulfide) groups is 2. The molecule has 1 heterocycles. The molecule has 0 aliphatic heterocycles. The van der Waals surface area contributed by atoms with E-state index in [0.717, 1.165) is 21.5 Å². The van der Waals surface area contributed by atoms with Crippen LogP contribution in [0.2, 0.25) is 0 Å². The van der Waals surface area contributed by atoms with Crippen molar-refractivity contribution in [3.63, 3.8) is 0 Å². The van der Waals surface area contributed by atoms with Gasteiger partial charge in [0.05, 0.1) is 5.75 Å². The molecule has 6 nitrogen and oxygen atoms in total. The molecule has 0 saturated heterocycles. The van der Waals surface area contributed by atoms with E-state index in [-0.39, 0.29) is 17.7 Å². The summed E-state index contributed by atoms with van der Waals surface area (Å²) in [5.74, 6) is 0.881. The molecule has 0 unspecified atom stereocenters. The first-order chi connectivity index (χ1) is 11.0. The number of hydrogen-bond donors (Lipinski definition) is 2. The first kappa shape index (κ1) is 18.5. The molecule has 1 aliphatic rings. The summed E-state index contributed by atoms with van der Waals surface area (Å²) in [6, 6.07) is -0.255. The first-order valence-electron chi connectivity index (χ1n) is 7.60. The van der Waals surface area contributed by atoms with Gasteiger partial charge in [0.2, 0.25) is 5.91 Å². The van der Waals surface area contributed by atoms with Crippen LogP contribution in [0.5, 0.6) is 0 Å². The quantitative estimate of drug-likeness (QED) is 0.771. The first-order valence-corrected chi connectivity index (χ1v) is 10.6. The van der Waals surface area contributed by atoms with E-state index in [4.69, 9.17) is 0 Å². The van der Waals surface area contributed by atoms with Crippen LogP contribution in [0.25, 0.3) is 0 Å². The van der Waals surface area contributed by atoms with Gasteiger partial charge in [0.25, 0.3) is 0 Å². The third-order valence-corrected chi connectivity index (χ3v) is 7.20. The van der Waals surface area contributed by atoms with Crippen LogP contribution in [0.4, 0.5) is 4.79 Å². The molecule has 3 amide bonds. The molecule has 23 heavy (non-hydrogen) atoms. The third-order valence-electron chi connectivity index (χ3n) is 4.17. The SMILES string of the molecule is CSc1nnc(SCC(=O)NC(=O)N[C@@H]2CCC[C@@H](C)[C@H]2C)s1. The zero-order valence-electron chi connectivity index (χ0n) is 13.5. The Labute approximate surface area is 149 Å². The number of hydrogen-bond acceptors (Lipinski definition) is 7. The van der Waals surface area contributed by atoms with Gasteiger partial charge in [0.15, 0.2) is 8.68 Å². The number of urea groups is 1. The minimum absolute atomic E-state index is 0.145. The molecule has 1 aromatic rings. The molecule has 1 aromatic heterocycles. The summed E-state index contributed by atoms with van der Waals surface area (Å²) < 4.78 is 1.60. The normalized spacial score (nSPS) is 24.2. The summed E-state index contributed by atoms with van der Waals surface area (Å²) in [6.07, 6.45) is 5.23. The number of imide groups is 1. The van der Waals surface area contributed by atoms with Crippen LogP contribution in [0.1, 0.15) is 33.1 Å². The van der Waals surface area contributed by atoms with Gasteiger partial charge < -0.3 is 5.32 Å². The summed E-state index contributed by atoms with van der Waals surface area (Å²) in [6.45, 7) is 4.37. The molecular formula is C14H22N4O2S3. The Kier molecular flexibility index (Phi) is 7.16. The lowest BCUT2D eigenvalue weighted by Gasteiger charge is -2.34. The highest BCUT2D eigenvalue weighted by Crippen LogP contribution is 2.29. The van der Waals surface area contributed by atoms with Gasteiger partial charge in [-0.1, -0.05) is 61.5 Å². The van der Waals surface area contributed by atoms with Crippen molar-refractivity contribution in [2.24, 2.45) is 11.8 Å². The second kappa shape index (κ2) is 8.89. The van der Waals surface area contributed by atoms with Crippen molar-refractivity contribution in [2.75, 3.05) is 12.0 Å². The maximum absolute atomic E-state index is 12.0.